The smallest absolute Gasteiger partial charge is 0.0871 e. The summed E-state index contributed by atoms with van der Waals surface area (Å²) >= 11 is 0. The zero-order valence-electron chi connectivity index (χ0n) is 13.9. The standard InChI is InChI=1S/C19H31NO2/c1-2-3-4-5-6-7-8-9-10-15-19(20-22)18-14-12-11-13-17(18)16-21/h11-14,21-22H,2-10,15-16H2,1H3/b20-19+. The maximum absolute atomic E-state index is 9.36. The van der Waals surface area contributed by atoms with Crippen molar-refractivity contribution in [2.75, 3.05) is 0 Å². The molecule has 3 nitrogen and oxygen atoms in total. The monoisotopic (exact) mass is 305 g/mol. The van der Waals surface area contributed by atoms with Crippen LogP contribution in [0.2, 0.25) is 0 Å². The summed E-state index contributed by atoms with van der Waals surface area (Å²) < 4.78 is 0. The molecule has 1 rings (SSSR count). The molecular weight excluding hydrogens is 274 g/mol. The molecule has 0 heterocycles. The number of hydrogen-bond acceptors (Lipinski definition) is 3. The van der Waals surface area contributed by atoms with Gasteiger partial charge in [-0.25, -0.2) is 0 Å². The van der Waals surface area contributed by atoms with Crippen LogP contribution in [0.4, 0.5) is 0 Å². The van der Waals surface area contributed by atoms with Crippen molar-refractivity contribution in [2.24, 2.45) is 5.16 Å². The molecule has 0 atom stereocenters. The fraction of sp³-hybridized carbons (Fsp3) is 0.632. The van der Waals surface area contributed by atoms with Gasteiger partial charge >= 0.3 is 0 Å². The van der Waals surface area contributed by atoms with Crippen molar-refractivity contribution in [3.63, 3.8) is 0 Å². The van der Waals surface area contributed by atoms with E-state index in [1.807, 2.05) is 24.3 Å². The molecule has 1 aromatic carbocycles. The molecule has 0 unspecified atom stereocenters. The molecule has 0 aliphatic heterocycles. The number of oxime groups is 1. The van der Waals surface area contributed by atoms with E-state index in [9.17, 15) is 10.3 Å². The molecule has 0 saturated carbocycles. The van der Waals surface area contributed by atoms with Crippen molar-refractivity contribution >= 4 is 5.71 Å². The summed E-state index contributed by atoms with van der Waals surface area (Å²) in [5.74, 6) is 0. The number of hydrogen-bond donors (Lipinski definition) is 2. The summed E-state index contributed by atoms with van der Waals surface area (Å²) in [5, 5.41) is 22.0. The van der Waals surface area contributed by atoms with Crippen LogP contribution in [0.15, 0.2) is 29.4 Å². The molecule has 124 valence electrons. The van der Waals surface area contributed by atoms with Crippen molar-refractivity contribution in [1.82, 2.24) is 0 Å². The lowest BCUT2D eigenvalue weighted by molar-refractivity contribution is 0.281. The van der Waals surface area contributed by atoms with Gasteiger partial charge in [0.25, 0.3) is 0 Å². The van der Waals surface area contributed by atoms with Gasteiger partial charge in [-0.05, 0) is 18.4 Å². The Morgan fingerprint density at radius 1 is 0.909 bits per heavy atom. The van der Waals surface area contributed by atoms with Crippen LogP contribution in [-0.2, 0) is 6.61 Å². The van der Waals surface area contributed by atoms with Crippen LogP contribution in [0.3, 0.4) is 0 Å². The third-order valence-corrected chi connectivity index (χ3v) is 4.14. The first-order valence-electron chi connectivity index (χ1n) is 8.73. The Morgan fingerprint density at radius 3 is 2.09 bits per heavy atom. The Balaban J connectivity index is 2.22. The van der Waals surface area contributed by atoms with Gasteiger partial charge < -0.3 is 10.3 Å². The first-order chi connectivity index (χ1) is 10.8. The molecule has 0 radical (unpaired) electrons. The number of benzene rings is 1. The fourth-order valence-corrected chi connectivity index (χ4v) is 2.78. The highest BCUT2D eigenvalue weighted by Crippen LogP contribution is 2.16. The second-order valence-corrected chi connectivity index (χ2v) is 5.94. The van der Waals surface area contributed by atoms with Crippen LogP contribution in [-0.4, -0.2) is 16.0 Å². The molecule has 0 aliphatic carbocycles. The quantitative estimate of drug-likeness (QED) is 0.239. The molecule has 0 bridgehead atoms. The van der Waals surface area contributed by atoms with Gasteiger partial charge in [-0.3, -0.25) is 0 Å². The van der Waals surface area contributed by atoms with Gasteiger partial charge in [-0.1, -0.05) is 87.7 Å². The molecule has 0 fully saturated rings. The van der Waals surface area contributed by atoms with E-state index >= 15 is 0 Å². The third-order valence-electron chi connectivity index (χ3n) is 4.14. The van der Waals surface area contributed by atoms with Crippen molar-refractivity contribution in [2.45, 2.75) is 77.7 Å². The number of nitrogens with zero attached hydrogens (tertiary/aromatic N) is 1. The summed E-state index contributed by atoms with van der Waals surface area (Å²) in [7, 11) is 0. The zero-order chi connectivity index (χ0) is 16.0. The van der Waals surface area contributed by atoms with Gasteiger partial charge in [-0.15, -0.1) is 0 Å². The van der Waals surface area contributed by atoms with E-state index < -0.39 is 0 Å². The van der Waals surface area contributed by atoms with Crippen molar-refractivity contribution in [1.29, 1.82) is 0 Å². The van der Waals surface area contributed by atoms with Gasteiger partial charge in [0.05, 0.1) is 12.3 Å². The highest BCUT2D eigenvalue weighted by molar-refractivity contribution is 6.01. The van der Waals surface area contributed by atoms with E-state index in [4.69, 9.17) is 0 Å². The molecule has 1 aromatic rings. The number of unbranched alkanes of at least 4 members (excludes halogenated alkanes) is 8. The lowest BCUT2D eigenvalue weighted by Gasteiger charge is -2.09. The van der Waals surface area contributed by atoms with E-state index in [0.717, 1.165) is 24.0 Å². The maximum Gasteiger partial charge on any atom is 0.0871 e. The predicted molar refractivity (Wildman–Crippen MR) is 92.5 cm³/mol. The maximum atomic E-state index is 9.36. The van der Waals surface area contributed by atoms with Gasteiger partial charge in [-0.2, -0.15) is 0 Å². The van der Waals surface area contributed by atoms with Crippen LogP contribution in [0.25, 0.3) is 0 Å². The van der Waals surface area contributed by atoms with Crippen LogP contribution < -0.4 is 0 Å². The first-order valence-corrected chi connectivity index (χ1v) is 8.73. The van der Waals surface area contributed by atoms with Gasteiger partial charge in [0.2, 0.25) is 0 Å². The minimum atomic E-state index is -0.0209. The molecule has 2 N–H and O–H groups in total. The molecule has 0 aromatic heterocycles. The zero-order valence-corrected chi connectivity index (χ0v) is 13.9. The number of aliphatic hydroxyl groups excluding tert-OH is 1. The average molecular weight is 305 g/mol. The summed E-state index contributed by atoms with van der Waals surface area (Å²) in [4.78, 5) is 0. The van der Waals surface area contributed by atoms with Crippen molar-refractivity contribution < 1.29 is 10.3 Å². The topological polar surface area (TPSA) is 52.8 Å². The Morgan fingerprint density at radius 2 is 1.50 bits per heavy atom. The third kappa shape index (κ3) is 7.08. The van der Waals surface area contributed by atoms with Crippen LogP contribution in [0, 0.1) is 0 Å². The molecule has 22 heavy (non-hydrogen) atoms. The number of aliphatic hydroxyl groups is 1. The normalized spacial score (nSPS) is 11.8. The van der Waals surface area contributed by atoms with E-state index in [-0.39, 0.29) is 6.61 Å². The lowest BCUT2D eigenvalue weighted by Crippen LogP contribution is -2.05. The van der Waals surface area contributed by atoms with Crippen LogP contribution >= 0.6 is 0 Å². The molecule has 0 aliphatic rings. The fourth-order valence-electron chi connectivity index (χ4n) is 2.78. The van der Waals surface area contributed by atoms with Gasteiger partial charge in [0.1, 0.15) is 0 Å². The predicted octanol–water partition coefficient (Wildman–Crippen LogP) is 5.28. The summed E-state index contributed by atoms with van der Waals surface area (Å²) in [6.07, 6.45) is 12.3. The lowest BCUT2D eigenvalue weighted by atomic mass is 9.98. The Labute approximate surface area is 135 Å². The van der Waals surface area contributed by atoms with Crippen molar-refractivity contribution in [3.05, 3.63) is 35.4 Å². The number of rotatable bonds is 12. The summed E-state index contributed by atoms with van der Waals surface area (Å²) in [6, 6.07) is 7.59. The average Bonchev–Trinajstić information content (AvgIpc) is 2.57. The van der Waals surface area contributed by atoms with E-state index in [1.165, 1.54) is 51.4 Å². The molecule has 3 heteroatoms. The Kier molecular flexibility index (Phi) is 10.4. The Bertz CT molecular complexity index is 429. The van der Waals surface area contributed by atoms with Gasteiger partial charge in [0.15, 0.2) is 0 Å². The molecule has 0 amide bonds. The second-order valence-electron chi connectivity index (χ2n) is 5.94. The van der Waals surface area contributed by atoms with Crippen molar-refractivity contribution in [3.8, 4) is 0 Å². The van der Waals surface area contributed by atoms with Crippen LogP contribution in [0.5, 0.6) is 0 Å². The van der Waals surface area contributed by atoms with E-state index in [2.05, 4.69) is 12.1 Å². The van der Waals surface area contributed by atoms with E-state index in [0.29, 0.717) is 5.71 Å². The molecular formula is C19H31NO2. The largest absolute Gasteiger partial charge is 0.411 e. The minimum absolute atomic E-state index is 0.0209. The first kappa shape index (κ1) is 18.7. The second kappa shape index (κ2) is 12.2. The molecule has 0 saturated heterocycles. The van der Waals surface area contributed by atoms with E-state index in [1.54, 1.807) is 0 Å². The highest BCUT2D eigenvalue weighted by Gasteiger charge is 2.08. The Hall–Kier alpha value is -1.35. The van der Waals surface area contributed by atoms with Crippen LogP contribution in [0.1, 0.15) is 82.3 Å². The summed E-state index contributed by atoms with van der Waals surface area (Å²) in [6.45, 7) is 2.22. The van der Waals surface area contributed by atoms with Gasteiger partial charge in [0, 0.05) is 5.56 Å². The summed E-state index contributed by atoms with van der Waals surface area (Å²) in [5.41, 5.74) is 2.38. The SMILES string of the molecule is CCCCCCCCCCC/C(=N\O)c1ccccc1CO. The molecule has 0 spiro atoms. The highest BCUT2D eigenvalue weighted by atomic mass is 16.4. The minimum Gasteiger partial charge on any atom is -0.411 e.